The van der Waals surface area contributed by atoms with Gasteiger partial charge in [-0.3, -0.25) is 4.79 Å². The van der Waals surface area contributed by atoms with Gasteiger partial charge in [0.25, 0.3) is 0 Å². The van der Waals surface area contributed by atoms with E-state index in [1.54, 1.807) is 11.3 Å². The summed E-state index contributed by atoms with van der Waals surface area (Å²) in [5, 5.41) is 8.46. The maximum Gasteiger partial charge on any atom is 0.239 e. The minimum atomic E-state index is -0.0307. The van der Waals surface area contributed by atoms with Gasteiger partial charge >= 0.3 is 0 Å². The predicted octanol–water partition coefficient (Wildman–Crippen LogP) is 4.47. The molecule has 31 heavy (non-hydrogen) atoms. The Kier molecular flexibility index (Phi) is 5.78. The largest absolute Gasteiger partial charge is 0.350 e. The lowest BCUT2D eigenvalue weighted by molar-refractivity contribution is -0.119. The summed E-state index contributed by atoms with van der Waals surface area (Å²) in [7, 11) is 1.90. The van der Waals surface area contributed by atoms with Crippen LogP contribution in [0.5, 0.6) is 0 Å². The number of fused-ring (bicyclic) bond motifs is 1. The van der Waals surface area contributed by atoms with Gasteiger partial charge in [0.2, 0.25) is 5.91 Å². The fraction of sp³-hybridized carbons (Fsp3) is 0.292. The number of carbonyl (C=O) groups is 1. The van der Waals surface area contributed by atoms with Gasteiger partial charge in [0.1, 0.15) is 0 Å². The highest BCUT2D eigenvalue weighted by Crippen LogP contribution is 2.32. The fourth-order valence-electron chi connectivity index (χ4n) is 3.41. The molecule has 0 unspecified atom stereocenters. The van der Waals surface area contributed by atoms with Crippen LogP contribution in [0.3, 0.4) is 0 Å². The third-order valence-corrected chi connectivity index (χ3v) is 6.69. The van der Waals surface area contributed by atoms with Crippen molar-refractivity contribution in [3.05, 3.63) is 70.4 Å². The van der Waals surface area contributed by atoms with Crippen molar-refractivity contribution in [3.8, 4) is 5.69 Å². The van der Waals surface area contributed by atoms with E-state index in [2.05, 4.69) is 61.5 Å². The van der Waals surface area contributed by atoms with Crippen LogP contribution in [0.4, 0.5) is 5.13 Å². The Balaban J connectivity index is 1.46. The Morgan fingerprint density at radius 3 is 2.52 bits per heavy atom. The van der Waals surface area contributed by atoms with Crippen LogP contribution in [0.25, 0.3) is 16.0 Å². The number of hydrogen-bond donors (Lipinski definition) is 1. The molecule has 0 radical (unpaired) electrons. The highest BCUT2D eigenvalue weighted by Gasteiger charge is 2.18. The van der Waals surface area contributed by atoms with Crippen LogP contribution < -0.4 is 10.2 Å². The van der Waals surface area contributed by atoms with Gasteiger partial charge in [-0.05, 0) is 56.5 Å². The summed E-state index contributed by atoms with van der Waals surface area (Å²) in [5.41, 5.74) is 7.54. The first-order chi connectivity index (χ1) is 14.8. The summed E-state index contributed by atoms with van der Waals surface area (Å²) in [5.74, 6) is -0.0307. The molecule has 2 aromatic carbocycles. The number of aryl methyl sites for hydroxylation is 4. The van der Waals surface area contributed by atoms with Crippen LogP contribution in [0.2, 0.25) is 0 Å². The molecule has 0 saturated carbocycles. The third-order valence-electron chi connectivity index (χ3n) is 5.42. The van der Waals surface area contributed by atoms with Gasteiger partial charge in [-0.1, -0.05) is 47.2 Å². The van der Waals surface area contributed by atoms with E-state index in [4.69, 9.17) is 4.98 Å². The molecule has 0 spiro atoms. The molecule has 4 aromatic rings. The zero-order chi connectivity index (χ0) is 22.1. The van der Waals surface area contributed by atoms with Crippen molar-refractivity contribution in [2.75, 3.05) is 18.5 Å². The molecule has 2 aromatic heterocycles. The number of benzene rings is 2. The molecule has 0 saturated heterocycles. The van der Waals surface area contributed by atoms with Crippen molar-refractivity contribution >= 4 is 32.7 Å². The molecule has 2 heterocycles. The third kappa shape index (κ3) is 4.46. The van der Waals surface area contributed by atoms with E-state index >= 15 is 0 Å². The number of nitrogens with one attached hydrogen (secondary N) is 1. The predicted molar refractivity (Wildman–Crippen MR) is 127 cm³/mol. The average molecular weight is 434 g/mol. The first kappa shape index (κ1) is 21.1. The average Bonchev–Trinajstić information content (AvgIpc) is 3.30. The molecule has 0 aliphatic rings. The SMILES string of the molecule is Cc1ccc(-n2nc(C)c3sc(N(C)CC(=O)NCc4ccc(C)c(C)c4)nc32)cc1. The monoisotopic (exact) mass is 433 g/mol. The molecule has 0 atom stereocenters. The van der Waals surface area contributed by atoms with E-state index in [-0.39, 0.29) is 12.5 Å². The van der Waals surface area contributed by atoms with Crippen molar-refractivity contribution < 1.29 is 4.79 Å². The van der Waals surface area contributed by atoms with E-state index < -0.39 is 0 Å². The lowest BCUT2D eigenvalue weighted by Crippen LogP contribution is -2.34. The molecular formula is C24H27N5OS. The molecule has 0 aliphatic carbocycles. The van der Waals surface area contributed by atoms with Crippen molar-refractivity contribution in [1.29, 1.82) is 0 Å². The fourth-order valence-corrected chi connectivity index (χ4v) is 4.35. The Morgan fingerprint density at radius 1 is 1.06 bits per heavy atom. The quantitative estimate of drug-likeness (QED) is 0.487. The van der Waals surface area contributed by atoms with Crippen molar-refractivity contribution in [1.82, 2.24) is 20.1 Å². The van der Waals surface area contributed by atoms with E-state index in [1.807, 2.05) is 35.7 Å². The van der Waals surface area contributed by atoms with Crippen LogP contribution in [0.1, 0.15) is 27.9 Å². The molecule has 6 nitrogen and oxygen atoms in total. The highest BCUT2D eigenvalue weighted by atomic mass is 32.1. The number of anilines is 1. The number of hydrogen-bond acceptors (Lipinski definition) is 5. The Morgan fingerprint density at radius 2 is 1.81 bits per heavy atom. The number of aromatic nitrogens is 3. The van der Waals surface area contributed by atoms with Crippen LogP contribution in [-0.4, -0.2) is 34.3 Å². The molecule has 1 N–H and O–H groups in total. The van der Waals surface area contributed by atoms with E-state index in [1.165, 1.54) is 16.7 Å². The Labute approximate surface area is 186 Å². The summed E-state index contributed by atoms with van der Waals surface area (Å²) < 4.78 is 2.91. The minimum absolute atomic E-state index is 0.0307. The molecule has 0 aliphatic heterocycles. The molecule has 1 amide bonds. The van der Waals surface area contributed by atoms with E-state index in [9.17, 15) is 4.79 Å². The number of amides is 1. The summed E-state index contributed by atoms with van der Waals surface area (Å²) >= 11 is 1.56. The zero-order valence-electron chi connectivity index (χ0n) is 18.6. The van der Waals surface area contributed by atoms with Crippen LogP contribution in [-0.2, 0) is 11.3 Å². The summed E-state index contributed by atoms with van der Waals surface area (Å²) in [6.07, 6.45) is 0. The summed E-state index contributed by atoms with van der Waals surface area (Å²) in [6, 6.07) is 14.5. The topological polar surface area (TPSA) is 63.1 Å². The minimum Gasteiger partial charge on any atom is -0.350 e. The van der Waals surface area contributed by atoms with Crippen molar-refractivity contribution in [2.45, 2.75) is 34.2 Å². The first-order valence-electron chi connectivity index (χ1n) is 10.3. The van der Waals surface area contributed by atoms with Gasteiger partial charge in [-0.25, -0.2) is 4.68 Å². The second-order valence-electron chi connectivity index (χ2n) is 8.03. The molecule has 4 rings (SSSR count). The van der Waals surface area contributed by atoms with Crippen LogP contribution in [0, 0.1) is 27.7 Å². The summed E-state index contributed by atoms with van der Waals surface area (Å²) in [4.78, 5) is 19.2. The lowest BCUT2D eigenvalue weighted by atomic mass is 10.1. The van der Waals surface area contributed by atoms with E-state index in [0.29, 0.717) is 6.54 Å². The zero-order valence-corrected chi connectivity index (χ0v) is 19.4. The Hall–Kier alpha value is -3.19. The van der Waals surface area contributed by atoms with Gasteiger partial charge in [0.15, 0.2) is 10.8 Å². The van der Waals surface area contributed by atoms with Crippen LogP contribution in [0.15, 0.2) is 42.5 Å². The molecule has 7 heteroatoms. The standard InChI is InChI=1S/C24H27N5OS/c1-15-6-10-20(11-7-15)29-23-22(18(4)27-29)31-24(26-23)28(5)14-21(30)25-13-19-9-8-16(2)17(3)12-19/h6-12H,13-14H2,1-5H3,(H,25,30). The number of carbonyl (C=O) groups excluding carboxylic acids is 1. The first-order valence-corrected chi connectivity index (χ1v) is 11.1. The van der Waals surface area contributed by atoms with Crippen molar-refractivity contribution in [2.24, 2.45) is 0 Å². The van der Waals surface area contributed by atoms with Gasteiger partial charge in [0.05, 0.1) is 22.6 Å². The van der Waals surface area contributed by atoms with Gasteiger partial charge in [0, 0.05) is 13.6 Å². The van der Waals surface area contributed by atoms with Gasteiger partial charge in [-0.2, -0.15) is 10.1 Å². The molecular weight excluding hydrogens is 406 g/mol. The molecule has 160 valence electrons. The second kappa shape index (κ2) is 8.51. The number of likely N-dealkylation sites (N-methyl/N-ethyl adjacent to an activating group) is 1. The van der Waals surface area contributed by atoms with Crippen molar-refractivity contribution in [3.63, 3.8) is 0 Å². The number of thiazole rings is 1. The lowest BCUT2D eigenvalue weighted by Gasteiger charge is -2.15. The molecule has 0 bridgehead atoms. The highest BCUT2D eigenvalue weighted by molar-refractivity contribution is 7.22. The van der Waals surface area contributed by atoms with E-state index in [0.717, 1.165) is 32.4 Å². The van der Waals surface area contributed by atoms with Crippen LogP contribution >= 0.6 is 11.3 Å². The van der Waals surface area contributed by atoms with Gasteiger partial charge < -0.3 is 10.2 Å². The maximum atomic E-state index is 12.5. The second-order valence-corrected chi connectivity index (χ2v) is 9.01. The van der Waals surface area contributed by atoms with Gasteiger partial charge in [-0.15, -0.1) is 0 Å². The molecule has 0 fully saturated rings. The normalized spacial score (nSPS) is 11.1. The number of rotatable bonds is 6. The Bertz CT molecular complexity index is 1240. The summed E-state index contributed by atoms with van der Waals surface area (Å²) in [6.45, 7) is 9.00. The maximum absolute atomic E-state index is 12.5. The number of nitrogens with zero attached hydrogens (tertiary/aromatic N) is 4. The smallest absolute Gasteiger partial charge is 0.239 e.